The maximum absolute atomic E-state index is 14.3. The van der Waals surface area contributed by atoms with E-state index in [1.807, 2.05) is 80.7 Å². The lowest BCUT2D eigenvalue weighted by molar-refractivity contribution is 0.0516. The van der Waals surface area contributed by atoms with Gasteiger partial charge in [-0.05, 0) is 98.8 Å². The fourth-order valence-electron chi connectivity index (χ4n) is 5.88. The zero-order chi connectivity index (χ0) is 31.0. The van der Waals surface area contributed by atoms with E-state index in [1.54, 1.807) is 36.4 Å². The van der Waals surface area contributed by atoms with E-state index in [0.717, 1.165) is 45.0 Å². The van der Waals surface area contributed by atoms with Crippen LogP contribution in [0.25, 0.3) is 21.8 Å². The molecule has 44 heavy (non-hydrogen) atoms. The summed E-state index contributed by atoms with van der Waals surface area (Å²) in [6.45, 7) is 8.61. The molecule has 218 valence electrons. The number of aromatic nitrogens is 1. The van der Waals surface area contributed by atoms with Crippen molar-refractivity contribution < 1.29 is 19.2 Å². The van der Waals surface area contributed by atoms with E-state index < -0.39 is 5.97 Å². The highest BCUT2D eigenvalue weighted by atomic mass is 32.1. The van der Waals surface area contributed by atoms with Crippen LogP contribution in [0, 0.1) is 20.8 Å². The minimum absolute atomic E-state index is 0.0356. The van der Waals surface area contributed by atoms with Gasteiger partial charge in [0.25, 0.3) is 0 Å². The zero-order valence-electron chi connectivity index (χ0n) is 24.9. The molecule has 2 aromatic heterocycles. The Labute approximate surface area is 259 Å². The predicted octanol–water partition coefficient (Wildman–Crippen LogP) is 8.48. The summed E-state index contributed by atoms with van der Waals surface area (Å²) in [5.74, 6) is -1.06. The number of hydrogen-bond acceptors (Lipinski definition) is 6. The highest BCUT2D eigenvalue weighted by Crippen LogP contribution is 2.32. The van der Waals surface area contributed by atoms with Crippen molar-refractivity contribution in [1.29, 1.82) is 0 Å². The fraction of sp³-hybridized carbons (Fsp3) is 0.135. The Morgan fingerprint density at radius 3 is 2.00 bits per heavy atom. The average Bonchev–Trinajstić information content (AvgIpc) is 3.68. The van der Waals surface area contributed by atoms with Gasteiger partial charge in [0, 0.05) is 45.0 Å². The van der Waals surface area contributed by atoms with Gasteiger partial charge in [-0.2, -0.15) is 0 Å². The molecule has 0 saturated carbocycles. The standard InChI is InChI=1S/C37H30N2O4S/c1-5-39-30-15-13-26(35(40)32-12-9-17-44-32)20-28(30)29-21-27(14-16-31(29)39)36(41)34(33-23(3)18-22(2)19-24(33)4)38-43-37(42)25-10-7-6-8-11-25/h6-21H,5H2,1-4H3/b38-34+. The van der Waals surface area contributed by atoms with E-state index in [-0.39, 0.29) is 17.3 Å². The molecule has 0 fully saturated rings. The Morgan fingerprint density at radius 1 is 0.750 bits per heavy atom. The molecule has 0 unspecified atom stereocenters. The first-order valence-corrected chi connectivity index (χ1v) is 15.3. The van der Waals surface area contributed by atoms with Crippen molar-refractivity contribution in [2.75, 3.05) is 0 Å². The van der Waals surface area contributed by atoms with Gasteiger partial charge >= 0.3 is 5.97 Å². The van der Waals surface area contributed by atoms with Crippen molar-refractivity contribution in [2.45, 2.75) is 34.2 Å². The van der Waals surface area contributed by atoms with Crippen LogP contribution in [-0.4, -0.2) is 27.8 Å². The zero-order valence-corrected chi connectivity index (χ0v) is 25.7. The molecule has 0 radical (unpaired) electrons. The molecule has 0 N–H and O–H groups in total. The van der Waals surface area contributed by atoms with Gasteiger partial charge in [0.05, 0.1) is 10.4 Å². The van der Waals surface area contributed by atoms with Gasteiger partial charge in [-0.25, -0.2) is 4.79 Å². The number of carbonyl (C=O) groups excluding carboxylic acids is 3. The Balaban J connectivity index is 1.48. The molecule has 0 aliphatic heterocycles. The molecule has 2 heterocycles. The number of thiophene rings is 1. The second-order valence-corrected chi connectivity index (χ2v) is 11.7. The van der Waals surface area contributed by atoms with Crippen molar-refractivity contribution in [3.8, 4) is 0 Å². The third-order valence-corrected chi connectivity index (χ3v) is 8.68. The summed E-state index contributed by atoms with van der Waals surface area (Å²) in [5, 5.41) is 7.82. The number of ketones is 2. The molecule has 0 spiro atoms. The van der Waals surface area contributed by atoms with Crippen LogP contribution >= 0.6 is 11.3 Å². The van der Waals surface area contributed by atoms with Gasteiger partial charge in [0.15, 0.2) is 5.71 Å². The molecular weight excluding hydrogens is 568 g/mol. The van der Waals surface area contributed by atoms with Crippen molar-refractivity contribution >= 4 is 56.4 Å². The highest BCUT2D eigenvalue weighted by Gasteiger charge is 2.24. The fourth-order valence-corrected chi connectivity index (χ4v) is 6.57. The second-order valence-electron chi connectivity index (χ2n) is 10.8. The number of aryl methyl sites for hydroxylation is 4. The van der Waals surface area contributed by atoms with Crippen molar-refractivity contribution in [3.63, 3.8) is 0 Å². The van der Waals surface area contributed by atoms with Crippen molar-refractivity contribution in [2.24, 2.45) is 5.16 Å². The number of benzene rings is 4. The van der Waals surface area contributed by atoms with Crippen LogP contribution < -0.4 is 0 Å². The van der Waals surface area contributed by atoms with Crippen molar-refractivity contribution in [3.05, 3.63) is 140 Å². The largest absolute Gasteiger partial charge is 0.365 e. The van der Waals surface area contributed by atoms with Crippen LogP contribution in [0.3, 0.4) is 0 Å². The number of oxime groups is 1. The molecule has 6 nitrogen and oxygen atoms in total. The predicted molar refractivity (Wildman–Crippen MR) is 176 cm³/mol. The maximum Gasteiger partial charge on any atom is 0.365 e. The first-order valence-electron chi connectivity index (χ1n) is 14.4. The van der Waals surface area contributed by atoms with Gasteiger partial charge < -0.3 is 9.40 Å². The average molecular weight is 599 g/mol. The molecule has 0 aliphatic rings. The third-order valence-electron chi connectivity index (χ3n) is 7.81. The molecule has 4 aromatic carbocycles. The molecular formula is C37H30N2O4S. The number of hydrogen-bond donors (Lipinski definition) is 0. The molecule has 6 aromatic rings. The molecule has 0 saturated heterocycles. The summed E-state index contributed by atoms with van der Waals surface area (Å²) in [5.41, 5.74) is 6.70. The number of fused-ring (bicyclic) bond motifs is 3. The molecule has 0 aliphatic carbocycles. The lowest BCUT2D eigenvalue weighted by atomic mass is 9.91. The van der Waals surface area contributed by atoms with Crippen LogP contribution in [0.5, 0.6) is 0 Å². The molecule has 0 bridgehead atoms. The Morgan fingerprint density at radius 2 is 1.39 bits per heavy atom. The minimum Gasteiger partial charge on any atom is -0.341 e. The number of nitrogens with zero attached hydrogens (tertiary/aromatic N) is 2. The quantitative estimate of drug-likeness (QED) is 0.0762. The normalized spacial score (nSPS) is 11.7. The lowest BCUT2D eigenvalue weighted by Crippen LogP contribution is -2.20. The number of Topliss-reactive ketones (excluding diaryl/α,β-unsaturated/α-hetero) is 1. The van der Waals surface area contributed by atoms with E-state index >= 15 is 0 Å². The van der Waals surface area contributed by atoms with E-state index in [4.69, 9.17) is 4.84 Å². The Hall–Kier alpha value is -5.14. The first kappa shape index (κ1) is 29.0. The van der Waals surface area contributed by atoms with Crippen LogP contribution in [-0.2, 0) is 11.4 Å². The lowest BCUT2D eigenvalue weighted by Gasteiger charge is -2.13. The summed E-state index contributed by atoms with van der Waals surface area (Å²) in [7, 11) is 0. The maximum atomic E-state index is 14.3. The summed E-state index contributed by atoms with van der Waals surface area (Å²) >= 11 is 1.41. The summed E-state index contributed by atoms with van der Waals surface area (Å²) in [6, 6.07) is 27.5. The van der Waals surface area contributed by atoms with Crippen LogP contribution in [0.15, 0.2) is 102 Å². The smallest absolute Gasteiger partial charge is 0.341 e. The molecule has 7 heteroatoms. The SMILES string of the molecule is CCn1c2ccc(C(=O)/C(=N/OC(=O)c3ccccc3)c3c(C)cc(C)cc3C)cc2c2cc(C(=O)c3cccs3)ccc21. The number of rotatable bonds is 8. The van der Waals surface area contributed by atoms with E-state index in [9.17, 15) is 14.4 Å². The van der Waals surface area contributed by atoms with Crippen LogP contribution in [0.1, 0.15) is 65.1 Å². The van der Waals surface area contributed by atoms with Gasteiger partial charge in [0.2, 0.25) is 11.6 Å². The Bertz CT molecular complexity index is 2080. The summed E-state index contributed by atoms with van der Waals surface area (Å²) in [4.78, 5) is 46.4. The third kappa shape index (κ3) is 5.27. The molecule has 0 atom stereocenters. The molecule has 6 rings (SSSR count). The minimum atomic E-state index is -0.650. The first-order chi connectivity index (χ1) is 21.3. The molecule has 0 amide bonds. The highest BCUT2D eigenvalue weighted by molar-refractivity contribution is 7.12. The number of carbonyl (C=O) groups is 3. The second kappa shape index (κ2) is 11.9. The topological polar surface area (TPSA) is 77.7 Å². The monoisotopic (exact) mass is 598 g/mol. The van der Waals surface area contributed by atoms with Crippen molar-refractivity contribution in [1.82, 2.24) is 4.57 Å². The van der Waals surface area contributed by atoms with Crippen LogP contribution in [0.4, 0.5) is 0 Å². The van der Waals surface area contributed by atoms with Gasteiger partial charge in [0.1, 0.15) is 0 Å². The summed E-state index contributed by atoms with van der Waals surface area (Å²) < 4.78 is 2.17. The van der Waals surface area contributed by atoms with Gasteiger partial charge in [-0.15, -0.1) is 11.3 Å². The van der Waals surface area contributed by atoms with Gasteiger partial charge in [-0.1, -0.05) is 47.1 Å². The Kier molecular flexibility index (Phi) is 7.80. The summed E-state index contributed by atoms with van der Waals surface area (Å²) in [6.07, 6.45) is 0. The van der Waals surface area contributed by atoms with Crippen LogP contribution in [0.2, 0.25) is 0 Å². The van der Waals surface area contributed by atoms with Gasteiger partial charge in [-0.3, -0.25) is 9.59 Å². The van der Waals surface area contributed by atoms with E-state index in [2.05, 4.69) is 16.6 Å². The van der Waals surface area contributed by atoms with E-state index in [1.165, 1.54) is 11.3 Å². The van der Waals surface area contributed by atoms with E-state index in [0.29, 0.717) is 27.1 Å².